The summed E-state index contributed by atoms with van der Waals surface area (Å²) >= 11 is 0. The lowest BCUT2D eigenvalue weighted by atomic mass is 9.97. The van der Waals surface area contributed by atoms with E-state index < -0.39 is 29.7 Å². The molecule has 0 amide bonds. The molecule has 162 valence electrons. The van der Waals surface area contributed by atoms with E-state index in [9.17, 15) is 16.8 Å². The predicted octanol–water partition coefficient (Wildman–Crippen LogP) is 1.17. The number of nitrogens with zero attached hydrogens (tertiary/aromatic N) is 4. The van der Waals surface area contributed by atoms with Crippen molar-refractivity contribution in [1.29, 1.82) is 0 Å². The number of nitrogens with one attached hydrogen (secondary N) is 1. The number of aliphatic imine (C=N–C) groups is 1. The highest BCUT2D eigenvalue weighted by Crippen LogP contribution is 2.37. The standard InChI is InChI=1S/C18H19N7O4S2/c19-7-2-8-30(26,27)14-6-5-11(12-3-1-4-13-16(12)22-9-21-13)15(17(14)31(20,28)29)18-23-10-24-25-18/h1,3-6,9H,2,7-8,10,19H2,(H,21,22)(H2,20,28,29). The summed E-state index contributed by atoms with van der Waals surface area (Å²) in [5, 5.41) is 13.2. The first-order valence-corrected chi connectivity index (χ1v) is 12.4. The Morgan fingerprint density at radius 2 is 1.87 bits per heavy atom. The molecular weight excluding hydrogens is 442 g/mol. The van der Waals surface area contributed by atoms with Gasteiger partial charge in [0.05, 0.1) is 33.6 Å². The quantitative estimate of drug-likeness (QED) is 0.473. The third kappa shape index (κ3) is 3.87. The topological polar surface area (TPSA) is 186 Å². The van der Waals surface area contributed by atoms with Gasteiger partial charge in [-0.2, -0.15) is 5.11 Å². The molecule has 0 atom stereocenters. The predicted molar refractivity (Wildman–Crippen MR) is 115 cm³/mol. The molecule has 1 aromatic heterocycles. The zero-order valence-corrected chi connectivity index (χ0v) is 17.8. The lowest BCUT2D eigenvalue weighted by Crippen LogP contribution is -2.23. The molecule has 0 unspecified atom stereocenters. The summed E-state index contributed by atoms with van der Waals surface area (Å²) in [6.07, 6.45) is 1.67. The van der Waals surface area contributed by atoms with Crippen molar-refractivity contribution in [3.8, 4) is 11.1 Å². The van der Waals surface area contributed by atoms with Crippen molar-refractivity contribution in [2.24, 2.45) is 26.1 Å². The van der Waals surface area contributed by atoms with Crippen LogP contribution in [0.2, 0.25) is 0 Å². The van der Waals surface area contributed by atoms with Gasteiger partial charge in [-0.25, -0.2) is 32.0 Å². The summed E-state index contributed by atoms with van der Waals surface area (Å²) in [4.78, 5) is 10.5. The number of azo groups is 1. The van der Waals surface area contributed by atoms with Crippen LogP contribution in [-0.4, -0.2) is 51.6 Å². The van der Waals surface area contributed by atoms with Crippen LogP contribution in [0.3, 0.4) is 0 Å². The Hall–Kier alpha value is -3.00. The van der Waals surface area contributed by atoms with Crippen molar-refractivity contribution in [2.45, 2.75) is 16.2 Å². The van der Waals surface area contributed by atoms with Gasteiger partial charge in [0.1, 0.15) is 4.90 Å². The van der Waals surface area contributed by atoms with Gasteiger partial charge in [0.2, 0.25) is 10.0 Å². The highest BCUT2D eigenvalue weighted by molar-refractivity contribution is 7.93. The average molecular weight is 462 g/mol. The van der Waals surface area contributed by atoms with Gasteiger partial charge in [-0.1, -0.05) is 18.2 Å². The molecule has 0 fully saturated rings. The van der Waals surface area contributed by atoms with E-state index in [0.29, 0.717) is 16.6 Å². The highest BCUT2D eigenvalue weighted by Gasteiger charge is 2.32. The number of aromatic nitrogens is 2. The number of aromatic amines is 1. The summed E-state index contributed by atoms with van der Waals surface area (Å²) in [7, 11) is -8.51. The smallest absolute Gasteiger partial charge is 0.240 e. The minimum absolute atomic E-state index is 0.00438. The van der Waals surface area contributed by atoms with E-state index in [2.05, 4.69) is 25.2 Å². The van der Waals surface area contributed by atoms with E-state index in [4.69, 9.17) is 10.9 Å². The molecule has 0 saturated carbocycles. The Bertz CT molecular complexity index is 1440. The Labute approximate surface area is 178 Å². The fourth-order valence-corrected chi connectivity index (χ4v) is 6.45. The molecule has 0 bridgehead atoms. The van der Waals surface area contributed by atoms with Crippen molar-refractivity contribution in [3.63, 3.8) is 0 Å². The lowest BCUT2D eigenvalue weighted by Gasteiger charge is -2.17. The van der Waals surface area contributed by atoms with Crippen LogP contribution in [0.25, 0.3) is 22.2 Å². The number of benzene rings is 2. The number of H-pyrrole nitrogens is 1. The second kappa shape index (κ2) is 7.92. The molecule has 2 heterocycles. The number of hydrogen-bond acceptors (Lipinski definition) is 9. The number of sulfonamides is 1. The number of sulfone groups is 1. The monoisotopic (exact) mass is 461 g/mol. The Morgan fingerprint density at radius 1 is 1.06 bits per heavy atom. The first kappa shape index (κ1) is 21.2. The van der Waals surface area contributed by atoms with Crippen molar-refractivity contribution >= 4 is 36.7 Å². The molecule has 2 aromatic carbocycles. The maximum absolute atomic E-state index is 13.0. The molecule has 0 spiro atoms. The van der Waals surface area contributed by atoms with Gasteiger partial charge in [-0.15, -0.1) is 5.11 Å². The van der Waals surface area contributed by atoms with Crippen LogP contribution < -0.4 is 10.9 Å². The Morgan fingerprint density at radius 3 is 2.55 bits per heavy atom. The summed E-state index contributed by atoms with van der Waals surface area (Å²) in [5.74, 6) is -0.337. The van der Waals surface area contributed by atoms with Crippen LogP contribution in [0.1, 0.15) is 12.0 Å². The van der Waals surface area contributed by atoms with Gasteiger partial charge in [0.25, 0.3) is 0 Å². The fraction of sp³-hybridized carbons (Fsp3) is 0.222. The number of primary sulfonamides is 1. The van der Waals surface area contributed by atoms with Crippen LogP contribution in [-0.2, 0) is 19.9 Å². The maximum Gasteiger partial charge on any atom is 0.240 e. The Balaban J connectivity index is 2.11. The summed E-state index contributed by atoms with van der Waals surface area (Å²) in [6, 6.07) is 8.07. The van der Waals surface area contributed by atoms with Crippen LogP contribution in [0.15, 0.2) is 61.7 Å². The van der Waals surface area contributed by atoms with Gasteiger partial charge < -0.3 is 10.7 Å². The summed E-state index contributed by atoms with van der Waals surface area (Å²) < 4.78 is 51.3. The van der Waals surface area contributed by atoms with Crippen molar-refractivity contribution in [2.75, 3.05) is 19.0 Å². The van der Waals surface area contributed by atoms with Gasteiger partial charge in [-0.05, 0) is 30.7 Å². The Kier molecular flexibility index (Phi) is 5.43. The highest BCUT2D eigenvalue weighted by atomic mass is 32.2. The molecule has 11 nitrogen and oxygen atoms in total. The van der Waals surface area contributed by atoms with Crippen molar-refractivity contribution in [1.82, 2.24) is 9.97 Å². The number of imidazole rings is 1. The fourth-order valence-electron chi connectivity index (χ4n) is 3.46. The SMILES string of the molecule is NCCCS(=O)(=O)c1ccc(-c2cccc3[nH]cnc23)c(C2=NCN=N2)c1S(N)(=O)=O. The maximum atomic E-state index is 13.0. The first-order valence-electron chi connectivity index (χ1n) is 9.21. The molecule has 3 aromatic rings. The van der Waals surface area contributed by atoms with Crippen LogP contribution >= 0.6 is 0 Å². The minimum Gasteiger partial charge on any atom is -0.345 e. The van der Waals surface area contributed by atoms with Gasteiger partial charge >= 0.3 is 0 Å². The number of nitrogens with two attached hydrogens (primary N) is 2. The van der Waals surface area contributed by atoms with Gasteiger partial charge in [0.15, 0.2) is 22.3 Å². The lowest BCUT2D eigenvalue weighted by molar-refractivity contribution is 0.582. The number of rotatable bonds is 7. The van der Waals surface area contributed by atoms with Crippen LogP contribution in [0.4, 0.5) is 0 Å². The normalized spacial score (nSPS) is 14.3. The van der Waals surface area contributed by atoms with Gasteiger partial charge in [-0.3, -0.25) is 0 Å². The molecule has 0 saturated heterocycles. The number of amidine groups is 1. The summed E-state index contributed by atoms with van der Waals surface area (Å²) in [5.41, 5.74) is 7.65. The third-order valence-corrected chi connectivity index (χ3v) is 7.73. The summed E-state index contributed by atoms with van der Waals surface area (Å²) in [6.45, 7) is 0.131. The number of para-hydroxylation sites is 1. The second-order valence-corrected chi connectivity index (χ2v) is 10.4. The minimum atomic E-state index is -4.50. The number of fused-ring (bicyclic) bond motifs is 1. The van der Waals surface area contributed by atoms with E-state index in [-0.39, 0.29) is 36.8 Å². The van der Waals surface area contributed by atoms with E-state index in [1.54, 1.807) is 12.1 Å². The van der Waals surface area contributed by atoms with E-state index in [1.165, 1.54) is 18.5 Å². The average Bonchev–Trinajstić information content (AvgIpc) is 3.42. The van der Waals surface area contributed by atoms with E-state index in [0.717, 1.165) is 5.52 Å². The molecule has 0 radical (unpaired) electrons. The molecule has 13 heteroatoms. The molecule has 1 aliphatic rings. The third-order valence-electron chi connectivity index (χ3n) is 4.77. The largest absolute Gasteiger partial charge is 0.345 e. The van der Waals surface area contributed by atoms with Gasteiger partial charge in [0, 0.05) is 5.56 Å². The molecule has 1 aliphatic heterocycles. The van der Waals surface area contributed by atoms with E-state index in [1.807, 2.05) is 6.07 Å². The van der Waals surface area contributed by atoms with E-state index >= 15 is 0 Å². The zero-order chi connectivity index (χ0) is 22.2. The molecular formula is C18H19N7O4S2. The van der Waals surface area contributed by atoms with Crippen LogP contribution in [0, 0.1) is 0 Å². The second-order valence-electron chi connectivity index (χ2n) is 6.79. The molecule has 4 rings (SSSR count). The van der Waals surface area contributed by atoms with Crippen LogP contribution in [0.5, 0.6) is 0 Å². The molecule has 5 N–H and O–H groups in total. The molecule has 31 heavy (non-hydrogen) atoms. The molecule has 0 aliphatic carbocycles. The van der Waals surface area contributed by atoms with Crippen molar-refractivity contribution in [3.05, 3.63) is 42.2 Å². The number of hydrogen-bond donors (Lipinski definition) is 3. The first-order chi connectivity index (χ1) is 14.7. The zero-order valence-electron chi connectivity index (χ0n) is 16.2. The van der Waals surface area contributed by atoms with Crippen molar-refractivity contribution < 1.29 is 16.8 Å².